The molecule has 0 spiro atoms. The molecule has 0 radical (unpaired) electrons. The van der Waals surface area contributed by atoms with Gasteiger partial charge in [0.1, 0.15) is 12.3 Å². The molecule has 0 bridgehead atoms. The highest BCUT2D eigenvalue weighted by atomic mass is 32.1. The van der Waals surface area contributed by atoms with Crippen molar-refractivity contribution >= 4 is 34.6 Å². The molecule has 2 heterocycles. The number of amides is 2. The number of hydrogen-bond donors (Lipinski definition) is 1. The Labute approximate surface area is 137 Å². The van der Waals surface area contributed by atoms with Gasteiger partial charge >= 0.3 is 0 Å². The average molecular weight is 329 g/mol. The Morgan fingerprint density at radius 1 is 1.35 bits per heavy atom. The highest BCUT2D eigenvalue weighted by molar-refractivity contribution is 7.12. The summed E-state index contributed by atoms with van der Waals surface area (Å²) < 4.78 is 5.35. The van der Waals surface area contributed by atoms with Crippen LogP contribution in [0.4, 0.5) is 5.69 Å². The van der Waals surface area contributed by atoms with Crippen LogP contribution in [0.2, 0.25) is 0 Å². The maximum absolute atomic E-state index is 12.1. The van der Waals surface area contributed by atoms with Crippen molar-refractivity contribution in [2.24, 2.45) is 5.10 Å². The lowest BCUT2D eigenvalue weighted by atomic mass is 10.2. The maximum Gasteiger partial charge on any atom is 0.265 e. The van der Waals surface area contributed by atoms with E-state index in [4.69, 9.17) is 4.74 Å². The number of carbonyl (C=O) groups excluding carboxylic acids is 2. The first-order chi connectivity index (χ1) is 11.1. The number of carbonyl (C=O) groups is 2. The van der Waals surface area contributed by atoms with Gasteiger partial charge in [0, 0.05) is 4.88 Å². The highest BCUT2D eigenvalue weighted by Gasteiger charge is 2.26. The second kappa shape index (κ2) is 6.62. The third kappa shape index (κ3) is 3.40. The van der Waals surface area contributed by atoms with E-state index in [0.29, 0.717) is 11.4 Å². The standard InChI is InChI=1S/C16H15N3O3S/c1-11(14-7-4-8-23-14)17-18-15(20)9-19-12-5-2-3-6-13(12)22-10-16(19)21/h2-8H,9-10H2,1H3,(H,18,20)/b17-11-. The molecule has 1 aromatic heterocycles. The number of ether oxygens (including phenoxy) is 1. The van der Waals surface area contributed by atoms with E-state index in [0.717, 1.165) is 10.6 Å². The lowest BCUT2D eigenvalue weighted by Gasteiger charge is -2.28. The molecule has 7 heteroatoms. The second-order valence-electron chi connectivity index (χ2n) is 4.95. The van der Waals surface area contributed by atoms with Gasteiger partial charge < -0.3 is 4.74 Å². The van der Waals surface area contributed by atoms with Gasteiger partial charge in [-0.3, -0.25) is 14.5 Å². The molecule has 1 aromatic carbocycles. The first-order valence-electron chi connectivity index (χ1n) is 7.04. The first kappa shape index (κ1) is 15.2. The Morgan fingerprint density at radius 3 is 2.96 bits per heavy atom. The first-order valence-corrected chi connectivity index (χ1v) is 7.92. The summed E-state index contributed by atoms with van der Waals surface area (Å²) in [4.78, 5) is 26.5. The number of hydrazone groups is 1. The molecule has 6 nitrogen and oxygen atoms in total. The van der Waals surface area contributed by atoms with Crippen LogP contribution in [0.5, 0.6) is 5.75 Å². The molecule has 0 saturated heterocycles. The van der Waals surface area contributed by atoms with Gasteiger partial charge in [0.15, 0.2) is 6.61 Å². The third-order valence-electron chi connectivity index (χ3n) is 3.34. The summed E-state index contributed by atoms with van der Waals surface area (Å²) in [5, 5.41) is 6.02. The van der Waals surface area contributed by atoms with Crippen molar-refractivity contribution in [2.45, 2.75) is 6.92 Å². The van der Waals surface area contributed by atoms with E-state index < -0.39 is 0 Å². The number of benzene rings is 1. The van der Waals surface area contributed by atoms with Crippen LogP contribution in [0.15, 0.2) is 46.9 Å². The molecular formula is C16H15N3O3S. The van der Waals surface area contributed by atoms with Crippen LogP contribution in [0.25, 0.3) is 0 Å². The molecule has 118 valence electrons. The van der Waals surface area contributed by atoms with Crippen LogP contribution >= 0.6 is 11.3 Å². The van der Waals surface area contributed by atoms with Gasteiger partial charge in [0.2, 0.25) is 0 Å². The summed E-state index contributed by atoms with van der Waals surface area (Å²) in [7, 11) is 0. The fraction of sp³-hybridized carbons (Fsp3) is 0.188. The van der Waals surface area contributed by atoms with Crippen molar-refractivity contribution in [1.29, 1.82) is 0 Å². The van der Waals surface area contributed by atoms with Crippen LogP contribution in [0.1, 0.15) is 11.8 Å². The molecule has 0 atom stereocenters. The number of rotatable bonds is 4. The van der Waals surface area contributed by atoms with E-state index in [1.807, 2.05) is 30.5 Å². The summed E-state index contributed by atoms with van der Waals surface area (Å²) in [5.41, 5.74) is 3.81. The van der Waals surface area contributed by atoms with Crippen molar-refractivity contribution in [3.63, 3.8) is 0 Å². The van der Waals surface area contributed by atoms with Gasteiger partial charge in [-0.2, -0.15) is 5.10 Å². The summed E-state index contributed by atoms with van der Waals surface area (Å²) in [6, 6.07) is 11.0. The summed E-state index contributed by atoms with van der Waals surface area (Å²) in [6.45, 7) is 1.66. The molecular weight excluding hydrogens is 314 g/mol. The molecule has 0 aliphatic carbocycles. The lowest BCUT2D eigenvalue weighted by molar-refractivity contribution is -0.125. The van der Waals surface area contributed by atoms with E-state index in [1.54, 1.807) is 29.5 Å². The molecule has 2 aromatic rings. The molecule has 0 fully saturated rings. The van der Waals surface area contributed by atoms with Gasteiger partial charge in [-0.05, 0) is 30.5 Å². The Balaban J connectivity index is 1.68. The van der Waals surface area contributed by atoms with Crippen molar-refractivity contribution in [2.75, 3.05) is 18.1 Å². The fourth-order valence-electron chi connectivity index (χ4n) is 2.19. The SMILES string of the molecule is C/C(=N/NC(=O)CN1C(=O)COc2ccccc21)c1cccs1. The number of hydrogen-bond acceptors (Lipinski definition) is 5. The van der Waals surface area contributed by atoms with Gasteiger partial charge in [-0.1, -0.05) is 18.2 Å². The van der Waals surface area contributed by atoms with Crippen molar-refractivity contribution < 1.29 is 14.3 Å². The minimum absolute atomic E-state index is 0.0677. The van der Waals surface area contributed by atoms with E-state index in [2.05, 4.69) is 10.5 Å². The molecule has 2 amide bonds. The molecule has 0 saturated carbocycles. The Bertz CT molecular complexity index is 756. The molecule has 3 rings (SSSR count). The summed E-state index contributed by atoms with van der Waals surface area (Å²) >= 11 is 1.55. The lowest BCUT2D eigenvalue weighted by Crippen LogP contribution is -2.44. The second-order valence-corrected chi connectivity index (χ2v) is 5.89. The van der Waals surface area contributed by atoms with Crippen molar-refractivity contribution in [3.05, 3.63) is 46.7 Å². The normalized spacial score (nSPS) is 14.2. The molecule has 23 heavy (non-hydrogen) atoms. The number of para-hydroxylation sites is 2. The number of anilines is 1. The molecule has 1 N–H and O–H groups in total. The fourth-order valence-corrected chi connectivity index (χ4v) is 2.87. The largest absolute Gasteiger partial charge is 0.482 e. The van der Waals surface area contributed by atoms with Crippen LogP contribution in [-0.2, 0) is 9.59 Å². The van der Waals surface area contributed by atoms with E-state index in [9.17, 15) is 9.59 Å². The molecule has 1 aliphatic rings. The summed E-state index contributed by atoms with van der Waals surface area (Å²) in [6.07, 6.45) is 0. The van der Waals surface area contributed by atoms with E-state index in [-0.39, 0.29) is 25.0 Å². The third-order valence-corrected chi connectivity index (χ3v) is 4.31. The topological polar surface area (TPSA) is 71.0 Å². The number of fused-ring (bicyclic) bond motifs is 1. The smallest absolute Gasteiger partial charge is 0.265 e. The monoisotopic (exact) mass is 329 g/mol. The van der Waals surface area contributed by atoms with Crippen LogP contribution in [0, 0.1) is 0 Å². The Morgan fingerprint density at radius 2 is 2.17 bits per heavy atom. The quantitative estimate of drug-likeness (QED) is 0.689. The maximum atomic E-state index is 12.1. The number of nitrogens with zero attached hydrogens (tertiary/aromatic N) is 2. The van der Waals surface area contributed by atoms with Gasteiger partial charge in [0.05, 0.1) is 11.4 Å². The zero-order valence-electron chi connectivity index (χ0n) is 12.5. The highest BCUT2D eigenvalue weighted by Crippen LogP contribution is 2.31. The van der Waals surface area contributed by atoms with Crippen LogP contribution < -0.4 is 15.1 Å². The van der Waals surface area contributed by atoms with Gasteiger partial charge in [0.25, 0.3) is 11.8 Å². The van der Waals surface area contributed by atoms with E-state index in [1.165, 1.54) is 4.90 Å². The van der Waals surface area contributed by atoms with Gasteiger partial charge in [-0.15, -0.1) is 11.3 Å². The Hall–Kier alpha value is -2.67. The van der Waals surface area contributed by atoms with E-state index >= 15 is 0 Å². The van der Waals surface area contributed by atoms with Crippen LogP contribution in [0.3, 0.4) is 0 Å². The molecule has 1 aliphatic heterocycles. The van der Waals surface area contributed by atoms with Crippen molar-refractivity contribution in [1.82, 2.24) is 5.43 Å². The minimum Gasteiger partial charge on any atom is -0.482 e. The summed E-state index contributed by atoms with van der Waals surface area (Å²) in [5.74, 6) is -0.0121. The molecule has 0 unspecified atom stereocenters. The Kier molecular flexibility index (Phi) is 4.38. The average Bonchev–Trinajstić information content (AvgIpc) is 3.10. The number of thiophene rings is 1. The van der Waals surface area contributed by atoms with Gasteiger partial charge in [-0.25, -0.2) is 5.43 Å². The zero-order chi connectivity index (χ0) is 16.2. The predicted octanol–water partition coefficient (Wildman–Crippen LogP) is 2.01. The minimum atomic E-state index is -0.356. The van der Waals surface area contributed by atoms with Crippen molar-refractivity contribution in [3.8, 4) is 5.75 Å². The predicted molar refractivity (Wildman–Crippen MR) is 89.0 cm³/mol. The zero-order valence-corrected chi connectivity index (χ0v) is 13.3. The number of nitrogens with one attached hydrogen (secondary N) is 1. The van der Waals surface area contributed by atoms with Crippen LogP contribution in [-0.4, -0.2) is 30.7 Å².